The van der Waals surface area contributed by atoms with Gasteiger partial charge in [-0.25, -0.2) is 8.42 Å². The molecule has 34 heavy (non-hydrogen) atoms. The molecule has 0 fully saturated rings. The first-order valence-electron chi connectivity index (χ1n) is 10.5. The van der Waals surface area contributed by atoms with Gasteiger partial charge in [0.1, 0.15) is 6.04 Å². The van der Waals surface area contributed by atoms with Crippen LogP contribution in [0.3, 0.4) is 0 Å². The van der Waals surface area contributed by atoms with Gasteiger partial charge in [-0.05, 0) is 62.1 Å². The summed E-state index contributed by atoms with van der Waals surface area (Å²) in [6.45, 7) is 5.19. The Morgan fingerprint density at radius 1 is 0.912 bits per heavy atom. The highest BCUT2D eigenvalue weighted by Gasteiger charge is 2.31. The molecule has 0 aromatic heterocycles. The lowest BCUT2D eigenvalue weighted by molar-refractivity contribution is -0.137. The number of hydrogen-bond acceptors (Lipinski definition) is 3. The molecule has 1 amide bonds. The lowest BCUT2D eigenvalue weighted by Crippen LogP contribution is -2.45. The maximum Gasteiger partial charge on any atom is 0.416 e. The Hall–Kier alpha value is -3.17. The van der Waals surface area contributed by atoms with Crippen molar-refractivity contribution in [2.45, 2.75) is 44.3 Å². The van der Waals surface area contributed by atoms with Crippen molar-refractivity contribution in [3.63, 3.8) is 0 Å². The molecule has 5 nitrogen and oxygen atoms in total. The summed E-state index contributed by atoms with van der Waals surface area (Å²) in [5.41, 5.74) is 1.64. The number of anilines is 1. The topological polar surface area (TPSA) is 75.3 Å². The number of halogens is 3. The highest BCUT2D eigenvalue weighted by molar-refractivity contribution is 7.89. The number of carbonyl (C=O) groups is 1. The average molecular weight is 491 g/mol. The minimum atomic E-state index is -4.58. The zero-order chi connectivity index (χ0) is 25.1. The van der Waals surface area contributed by atoms with Gasteiger partial charge in [-0.1, -0.05) is 54.1 Å². The maximum atomic E-state index is 13.3. The number of hydrogen-bond donors (Lipinski definition) is 2. The van der Waals surface area contributed by atoms with Gasteiger partial charge in [0.15, 0.2) is 0 Å². The summed E-state index contributed by atoms with van der Waals surface area (Å²) in [4.78, 5) is 13.2. The molecule has 3 rings (SSSR count). The van der Waals surface area contributed by atoms with Crippen molar-refractivity contribution in [2.75, 3.05) is 5.32 Å². The zero-order valence-electron chi connectivity index (χ0n) is 18.9. The molecule has 9 heteroatoms. The standard InChI is InChI=1S/C25H25F3N2O3S/c1-16-12-17(2)23(18(3)13-16)34(32,33)30-22(14-19-8-5-4-6-9-19)24(31)29-21-11-7-10-20(15-21)25(26,27)28/h4-13,15,22,30H,14H2,1-3H3,(H,29,31)/t22-/m1/s1. The lowest BCUT2D eigenvalue weighted by atomic mass is 10.1. The van der Waals surface area contributed by atoms with Gasteiger partial charge in [0, 0.05) is 5.69 Å². The van der Waals surface area contributed by atoms with Crippen molar-refractivity contribution in [2.24, 2.45) is 0 Å². The third kappa shape index (κ3) is 6.24. The maximum absolute atomic E-state index is 13.3. The molecular formula is C25H25F3N2O3S. The van der Waals surface area contributed by atoms with E-state index in [1.54, 1.807) is 56.3 Å². The Kier molecular flexibility index (Phi) is 7.48. The fraction of sp³-hybridized carbons (Fsp3) is 0.240. The van der Waals surface area contributed by atoms with Crippen LogP contribution in [-0.4, -0.2) is 20.4 Å². The van der Waals surface area contributed by atoms with Crippen LogP contribution in [-0.2, 0) is 27.4 Å². The van der Waals surface area contributed by atoms with Gasteiger partial charge in [-0.3, -0.25) is 4.79 Å². The number of sulfonamides is 1. The second kappa shape index (κ2) is 9.99. The van der Waals surface area contributed by atoms with Gasteiger partial charge in [-0.2, -0.15) is 17.9 Å². The minimum absolute atomic E-state index is 0.00875. The van der Waals surface area contributed by atoms with Crippen molar-refractivity contribution < 1.29 is 26.4 Å². The predicted octanol–water partition coefficient (Wildman–Crippen LogP) is 5.16. The summed E-state index contributed by atoms with van der Waals surface area (Å²) in [5, 5.41) is 2.42. The third-order valence-electron chi connectivity index (χ3n) is 5.23. The molecule has 0 unspecified atom stereocenters. The summed E-state index contributed by atoms with van der Waals surface area (Å²) in [5.74, 6) is -0.769. The molecule has 0 bridgehead atoms. The predicted molar refractivity (Wildman–Crippen MR) is 125 cm³/mol. The van der Waals surface area contributed by atoms with Gasteiger partial charge < -0.3 is 5.32 Å². The summed E-state index contributed by atoms with van der Waals surface area (Å²) < 4.78 is 68.2. The van der Waals surface area contributed by atoms with Gasteiger partial charge in [0.2, 0.25) is 15.9 Å². The molecule has 0 aliphatic carbocycles. The molecule has 3 aromatic carbocycles. The molecule has 2 N–H and O–H groups in total. The first-order valence-corrected chi connectivity index (χ1v) is 12.0. The van der Waals surface area contributed by atoms with Crippen LogP contribution in [0, 0.1) is 20.8 Å². The van der Waals surface area contributed by atoms with Crippen molar-refractivity contribution in [3.8, 4) is 0 Å². The molecule has 0 spiro atoms. The number of rotatable bonds is 7. The van der Waals surface area contributed by atoms with E-state index in [1.165, 1.54) is 12.1 Å². The Morgan fingerprint density at radius 2 is 1.53 bits per heavy atom. The highest BCUT2D eigenvalue weighted by atomic mass is 32.2. The van der Waals surface area contributed by atoms with Crippen LogP contribution in [0.1, 0.15) is 27.8 Å². The van der Waals surface area contributed by atoms with Crippen LogP contribution in [0.4, 0.5) is 18.9 Å². The molecule has 0 radical (unpaired) electrons. The van der Waals surface area contributed by atoms with Crippen LogP contribution in [0.25, 0.3) is 0 Å². The normalized spacial score (nSPS) is 12.9. The van der Waals surface area contributed by atoms with E-state index in [0.717, 1.165) is 17.7 Å². The number of alkyl halides is 3. The molecule has 0 aliphatic heterocycles. The first-order chi connectivity index (χ1) is 15.9. The lowest BCUT2D eigenvalue weighted by Gasteiger charge is -2.21. The van der Waals surface area contributed by atoms with Crippen molar-refractivity contribution in [1.82, 2.24) is 4.72 Å². The van der Waals surface area contributed by atoms with E-state index < -0.39 is 33.7 Å². The quantitative estimate of drug-likeness (QED) is 0.481. The molecule has 180 valence electrons. The van der Waals surface area contributed by atoms with Gasteiger partial charge in [-0.15, -0.1) is 0 Å². The highest BCUT2D eigenvalue weighted by Crippen LogP contribution is 2.30. The largest absolute Gasteiger partial charge is 0.416 e. The summed E-state index contributed by atoms with van der Waals surface area (Å²) in [6, 6.07) is 15.1. The summed E-state index contributed by atoms with van der Waals surface area (Å²) in [7, 11) is -4.12. The van der Waals surface area contributed by atoms with Gasteiger partial charge in [0.25, 0.3) is 0 Å². The molecule has 0 saturated heterocycles. The number of aryl methyl sites for hydroxylation is 3. The third-order valence-corrected chi connectivity index (χ3v) is 7.00. The zero-order valence-corrected chi connectivity index (χ0v) is 19.7. The number of carbonyl (C=O) groups excluding carboxylic acids is 1. The summed E-state index contributed by atoms with van der Waals surface area (Å²) >= 11 is 0. The monoisotopic (exact) mass is 490 g/mol. The average Bonchev–Trinajstić information content (AvgIpc) is 2.72. The van der Waals surface area contributed by atoms with Crippen LogP contribution in [0.15, 0.2) is 71.6 Å². The molecule has 1 atom stereocenters. The summed E-state index contributed by atoms with van der Waals surface area (Å²) in [6.07, 6.45) is -4.57. The van der Waals surface area contributed by atoms with Gasteiger partial charge >= 0.3 is 6.18 Å². The fourth-order valence-electron chi connectivity index (χ4n) is 3.88. The van der Waals surface area contributed by atoms with E-state index in [4.69, 9.17) is 0 Å². The van der Waals surface area contributed by atoms with E-state index >= 15 is 0 Å². The fourth-order valence-corrected chi connectivity index (χ4v) is 5.53. The number of amides is 1. The van der Waals surface area contributed by atoms with Crippen LogP contribution in [0.2, 0.25) is 0 Å². The molecule has 0 heterocycles. The second-order valence-electron chi connectivity index (χ2n) is 8.16. The molecule has 0 saturated carbocycles. The van der Waals surface area contributed by atoms with Crippen molar-refractivity contribution >= 4 is 21.6 Å². The van der Waals surface area contributed by atoms with Crippen molar-refractivity contribution in [1.29, 1.82) is 0 Å². The Labute approximate surface area is 197 Å². The van der Waals surface area contributed by atoms with E-state index in [2.05, 4.69) is 10.0 Å². The molecular weight excluding hydrogens is 465 g/mol. The van der Waals surface area contributed by atoms with E-state index in [0.29, 0.717) is 16.7 Å². The van der Waals surface area contributed by atoms with Crippen molar-refractivity contribution in [3.05, 3.63) is 94.5 Å². The molecule has 0 aliphatic rings. The Balaban J connectivity index is 1.94. The Morgan fingerprint density at radius 3 is 2.12 bits per heavy atom. The van der Waals surface area contributed by atoms with Crippen LogP contribution < -0.4 is 10.0 Å². The molecule has 3 aromatic rings. The van der Waals surface area contributed by atoms with E-state index in [9.17, 15) is 26.4 Å². The number of nitrogens with one attached hydrogen (secondary N) is 2. The van der Waals surface area contributed by atoms with Crippen LogP contribution in [0.5, 0.6) is 0 Å². The van der Waals surface area contributed by atoms with Crippen LogP contribution >= 0.6 is 0 Å². The first kappa shape index (κ1) is 25.5. The Bertz CT molecular complexity index is 1270. The smallest absolute Gasteiger partial charge is 0.325 e. The van der Waals surface area contributed by atoms with E-state index in [-0.39, 0.29) is 17.0 Å². The second-order valence-corrected chi connectivity index (χ2v) is 9.81. The SMILES string of the molecule is Cc1cc(C)c(S(=O)(=O)N[C@H](Cc2ccccc2)C(=O)Nc2cccc(C(F)(F)F)c2)c(C)c1. The minimum Gasteiger partial charge on any atom is -0.325 e. The number of benzene rings is 3. The van der Waals surface area contributed by atoms with E-state index in [1.807, 2.05) is 6.92 Å². The van der Waals surface area contributed by atoms with Gasteiger partial charge in [0.05, 0.1) is 10.5 Å².